The van der Waals surface area contributed by atoms with Crippen LogP contribution in [0.25, 0.3) is 0 Å². The molecule has 76 valence electrons. The quantitative estimate of drug-likeness (QED) is 0.637. The van der Waals surface area contributed by atoms with Crippen LogP contribution in [-0.4, -0.2) is 47.0 Å². The van der Waals surface area contributed by atoms with Crippen LogP contribution in [-0.2, 0) is 0 Å². The molecule has 0 aromatic carbocycles. The van der Waals surface area contributed by atoms with Crippen molar-refractivity contribution in [3.63, 3.8) is 0 Å². The molecule has 4 heteroatoms. The summed E-state index contributed by atoms with van der Waals surface area (Å²) in [6.45, 7) is 0.784. The van der Waals surface area contributed by atoms with Gasteiger partial charge < -0.3 is 10.2 Å². The zero-order valence-corrected chi connectivity index (χ0v) is 8.07. The minimum atomic E-state index is -0.766. The molecule has 2 unspecified atom stereocenters. The molecular weight excluding hydrogens is 170 g/mol. The molecule has 0 spiro atoms. The first kappa shape index (κ1) is 10.5. The Kier molecular flexibility index (Phi) is 3.27. The number of carbonyl (C=O) groups is 1. The van der Waals surface area contributed by atoms with Gasteiger partial charge in [0.05, 0.1) is 13.6 Å². The maximum absolute atomic E-state index is 11.1. The predicted octanol–water partition coefficient (Wildman–Crippen LogP) is 1.05. The topological polar surface area (TPSA) is 57.5 Å². The zero-order chi connectivity index (χ0) is 9.90. The van der Waals surface area contributed by atoms with Gasteiger partial charge in [-0.2, -0.15) is 4.79 Å². The summed E-state index contributed by atoms with van der Waals surface area (Å²) in [5.74, 6) is 0. The van der Waals surface area contributed by atoms with Crippen LogP contribution in [0.1, 0.15) is 25.7 Å². The van der Waals surface area contributed by atoms with E-state index in [9.17, 15) is 4.79 Å². The summed E-state index contributed by atoms with van der Waals surface area (Å²) in [6.07, 6.45) is 2.82. The van der Waals surface area contributed by atoms with E-state index >= 15 is 0 Å². The van der Waals surface area contributed by atoms with E-state index in [0.717, 1.165) is 19.3 Å². The van der Waals surface area contributed by atoms with Gasteiger partial charge in [0.25, 0.3) is 0 Å². The summed E-state index contributed by atoms with van der Waals surface area (Å²) in [4.78, 5) is 11.1. The molecular formula is C9H18NO3+. The van der Waals surface area contributed by atoms with Crippen molar-refractivity contribution in [2.24, 2.45) is 0 Å². The molecule has 13 heavy (non-hydrogen) atoms. The standard InChI is InChI=1S/C9H17NO3/c1-10(9(12)13)6-3-2-4-8(10)5-7-11/h8,11H,2-7H2,1H3/p+1. The van der Waals surface area contributed by atoms with E-state index in [-0.39, 0.29) is 17.1 Å². The Morgan fingerprint density at radius 2 is 2.23 bits per heavy atom. The molecule has 1 aliphatic rings. The SMILES string of the molecule is C[N+]1(C(=O)O)CCCCC1CCO. The summed E-state index contributed by atoms with van der Waals surface area (Å²) in [7, 11) is 1.75. The molecule has 2 atom stereocenters. The number of carboxylic acid groups (broad SMARTS) is 1. The molecule has 0 bridgehead atoms. The van der Waals surface area contributed by atoms with E-state index in [0.29, 0.717) is 13.0 Å². The first-order chi connectivity index (χ1) is 6.11. The molecule has 0 saturated carbocycles. The second-order valence-electron chi connectivity index (χ2n) is 3.94. The van der Waals surface area contributed by atoms with Crippen LogP contribution in [0.15, 0.2) is 0 Å². The van der Waals surface area contributed by atoms with Crippen LogP contribution in [0.4, 0.5) is 4.79 Å². The number of piperidine rings is 1. The Morgan fingerprint density at radius 3 is 2.77 bits per heavy atom. The molecule has 1 heterocycles. The van der Waals surface area contributed by atoms with Crippen molar-refractivity contribution in [3.8, 4) is 0 Å². The first-order valence-electron chi connectivity index (χ1n) is 4.81. The van der Waals surface area contributed by atoms with Gasteiger partial charge in [-0.3, -0.25) is 0 Å². The molecule has 1 fully saturated rings. The fraction of sp³-hybridized carbons (Fsp3) is 0.889. The van der Waals surface area contributed by atoms with Crippen LogP contribution >= 0.6 is 0 Å². The molecule has 0 radical (unpaired) electrons. The summed E-state index contributed by atoms with van der Waals surface area (Å²) in [6, 6.07) is 0.0938. The Morgan fingerprint density at radius 1 is 1.54 bits per heavy atom. The molecule has 1 rings (SSSR count). The lowest BCUT2D eigenvalue weighted by atomic mass is 9.97. The summed E-state index contributed by atoms with van der Waals surface area (Å²) in [5, 5.41) is 17.9. The lowest BCUT2D eigenvalue weighted by Gasteiger charge is -2.39. The number of likely N-dealkylation sites (tertiary alicyclic amines) is 1. The Hall–Kier alpha value is -0.610. The van der Waals surface area contributed by atoms with Crippen molar-refractivity contribution in [3.05, 3.63) is 0 Å². The first-order valence-corrected chi connectivity index (χ1v) is 4.81. The van der Waals surface area contributed by atoms with E-state index in [1.165, 1.54) is 0 Å². The largest absolute Gasteiger partial charge is 0.513 e. The van der Waals surface area contributed by atoms with Gasteiger partial charge in [0, 0.05) is 19.4 Å². The van der Waals surface area contributed by atoms with Crippen LogP contribution in [0.2, 0.25) is 0 Å². The minimum Gasteiger partial charge on any atom is -0.435 e. The van der Waals surface area contributed by atoms with Crippen LogP contribution in [0, 0.1) is 0 Å². The third-order valence-electron chi connectivity index (χ3n) is 3.12. The van der Waals surface area contributed by atoms with E-state index < -0.39 is 6.09 Å². The molecule has 0 aromatic heterocycles. The predicted molar refractivity (Wildman–Crippen MR) is 48.4 cm³/mol. The van der Waals surface area contributed by atoms with Crippen molar-refractivity contribution in [2.45, 2.75) is 31.7 Å². The average molecular weight is 188 g/mol. The number of nitrogens with zero attached hydrogens (tertiary/aromatic N) is 1. The second-order valence-corrected chi connectivity index (χ2v) is 3.94. The van der Waals surface area contributed by atoms with Gasteiger partial charge in [0.2, 0.25) is 0 Å². The Balaban J connectivity index is 2.71. The van der Waals surface area contributed by atoms with Gasteiger partial charge in [-0.1, -0.05) is 0 Å². The monoisotopic (exact) mass is 188 g/mol. The number of aliphatic hydroxyl groups is 1. The normalized spacial score (nSPS) is 34.5. The fourth-order valence-corrected chi connectivity index (χ4v) is 2.12. The van der Waals surface area contributed by atoms with Gasteiger partial charge in [-0.25, -0.2) is 4.48 Å². The molecule has 1 amide bonds. The number of aliphatic hydroxyl groups excluding tert-OH is 1. The van der Waals surface area contributed by atoms with Crippen LogP contribution in [0.3, 0.4) is 0 Å². The number of hydrogen-bond acceptors (Lipinski definition) is 2. The third-order valence-corrected chi connectivity index (χ3v) is 3.12. The number of quaternary nitrogens is 1. The van der Waals surface area contributed by atoms with E-state index in [4.69, 9.17) is 10.2 Å². The van der Waals surface area contributed by atoms with Crippen LogP contribution < -0.4 is 0 Å². The van der Waals surface area contributed by atoms with Crippen LogP contribution in [0.5, 0.6) is 0 Å². The van der Waals surface area contributed by atoms with E-state index in [2.05, 4.69) is 0 Å². The average Bonchev–Trinajstić information content (AvgIpc) is 2.09. The molecule has 0 aromatic rings. The maximum atomic E-state index is 11.1. The van der Waals surface area contributed by atoms with Gasteiger partial charge >= 0.3 is 6.09 Å². The summed E-state index contributed by atoms with van der Waals surface area (Å²) in [5.41, 5.74) is 0. The number of hydrogen-bond donors (Lipinski definition) is 2. The van der Waals surface area contributed by atoms with Gasteiger partial charge in [0.15, 0.2) is 0 Å². The Labute approximate surface area is 78.4 Å². The van der Waals surface area contributed by atoms with E-state index in [1.807, 2.05) is 0 Å². The highest BCUT2D eigenvalue weighted by Crippen LogP contribution is 2.26. The third kappa shape index (κ3) is 2.00. The highest BCUT2D eigenvalue weighted by molar-refractivity contribution is 5.56. The highest BCUT2D eigenvalue weighted by atomic mass is 16.4. The van der Waals surface area contributed by atoms with Crippen molar-refractivity contribution in [2.75, 3.05) is 20.2 Å². The number of rotatable bonds is 2. The lowest BCUT2D eigenvalue weighted by Crippen LogP contribution is -2.58. The lowest BCUT2D eigenvalue weighted by molar-refractivity contribution is -0.869. The van der Waals surface area contributed by atoms with Gasteiger partial charge in [-0.05, 0) is 12.8 Å². The minimum absolute atomic E-state index is 0.0839. The maximum Gasteiger partial charge on any atom is 0.513 e. The summed E-state index contributed by atoms with van der Waals surface area (Å²) >= 11 is 0. The van der Waals surface area contributed by atoms with Crippen molar-refractivity contribution in [1.82, 2.24) is 0 Å². The smallest absolute Gasteiger partial charge is 0.435 e. The molecule has 0 aliphatic carbocycles. The van der Waals surface area contributed by atoms with Crippen molar-refractivity contribution >= 4 is 6.09 Å². The fourth-order valence-electron chi connectivity index (χ4n) is 2.12. The van der Waals surface area contributed by atoms with Gasteiger partial charge in [-0.15, -0.1) is 0 Å². The molecule has 1 saturated heterocycles. The molecule has 2 N–H and O–H groups in total. The summed E-state index contributed by atoms with van der Waals surface area (Å²) < 4.78 is 0.0839. The highest BCUT2D eigenvalue weighted by Gasteiger charge is 2.41. The second kappa shape index (κ2) is 4.07. The molecule has 1 aliphatic heterocycles. The van der Waals surface area contributed by atoms with Crippen molar-refractivity contribution < 1.29 is 19.5 Å². The van der Waals surface area contributed by atoms with E-state index in [1.54, 1.807) is 7.05 Å². The zero-order valence-electron chi connectivity index (χ0n) is 8.07. The van der Waals surface area contributed by atoms with Crippen molar-refractivity contribution in [1.29, 1.82) is 0 Å². The van der Waals surface area contributed by atoms with Gasteiger partial charge in [0.1, 0.15) is 6.04 Å². The number of amides is 1. The Bertz CT molecular complexity index is 193. The molecule has 4 nitrogen and oxygen atoms in total.